The molecule has 2 rings (SSSR count). The molecule has 0 aromatic heterocycles. The molecule has 4 nitrogen and oxygen atoms in total. The van der Waals surface area contributed by atoms with Gasteiger partial charge in [0.1, 0.15) is 12.4 Å². The Kier molecular flexibility index (Phi) is 3.87. The molecule has 1 saturated heterocycles. The first-order valence-corrected chi connectivity index (χ1v) is 6.25. The second kappa shape index (κ2) is 5.27. The molecule has 1 aliphatic heterocycles. The molecular weight excluding hydrogens is 249 g/mol. The van der Waals surface area contributed by atoms with Gasteiger partial charge < -0.3 is 9.84 Å². The summed E-state index contributed by atoms with van der Waals surface area (Å²) in [7, 11) is 0. The molecular formula is C14H18FNO3. The highest BCUT2D eigenvalue weighted by molar-refractivity contribution is 5.68. The molecule has 19 heavy (non-hydrogen) atoms. The van der Waals surface area contributed by atoms with Gasteiger partial charge >= 0.3 is 5.97 Å². The summed E-state index contributed by atoms with van der Waals surface area (Å²) in [6, 6.07) is 6.63. The Morgan fingerprint density at radius 1 is 1.58 bits per heavy atom. The number of aliphatic carboxylic acids is 1. The predicted molar refractivity (Wildman–Crippen MR) is 68.4 cm³/mol. The molecule has 5 heteroatoms. The Hall–Kier alpha value is -1.46. The molecule has 1 heterocycles. The number of nitrogens with zero attached hydrogens (tertiary/aromatic N) is 1. The van der Waals surface area contributed by atoms with E-state index in [0.717, 1.165) is 5.56 Å². The quantitative estimate of drug-likeness (QED) is 0.887. The molecule has 0 bridgehead atoms. The molecule has 1 atom stereocenters. The van der Waals surface area contributed by atoms with Crippen LogP contribution in [0.15, 0.2) is 24.3 Å². The van der Waals surface area contributed by atoms with Crippen LogP contribution in [0.5, 0.6) is 0 Å². The zero-order chi connectivity index (χ0) is 14.0. The van der Waals surface area contributed by atoms with Crippen LogP contribution in [0.1, 0.15) is 25.5 Å². The van der Waals surface area contributed by atoms with Crippen molar-refractivity contribution in [3.05, 3.63) is 35.6 Å². The van der Waals surface area contributed by atoms with Crippen molar-refractivity contribution in [2.24, 2.45) is 0 Å². The molecule has 1 fully saturated rings. The number of carbonyl (C=O) groups is 1. The van der Waals surface area contributed by atoms with E-state index in [1.807, 2.05) is 19.9 Å². The van der Waals surface area contributed by atoms with E-state index in [-0.39, 0.29) is 18.5 Å². The fourth-order valence-electron chi connectivity index (χ4n) is 2.39. The maximum absolute atomic E-state index is 13.2. The summed E-state index contributed by atoms with van der Waals surface area (Å²) in [5, 5.41) is 8.60. The topological polar surface area (TPSA) is 49.8 Å². The Bertz CT molecular complexity index is 472. The van der Waals surface area contributed by atoms with Crippen molar-refractivity contribution in [2.45, 2.75) is 25.5 Å². The average Bonchev–Trinajstić information content (AvgIpc) is 2.32. The van der Waals surface area contributed by atoms with E-state index in [1.54, 1.807) is 6.07 Å². The summed E-state index contributed by atoms with van der Waals surface area (Å²) >= 11 is 0. The van der Waals surface area contributed by atoms with Crippen LogP contribution in [-0.2, 0) is 9.53 Å². The molecule has 1 aromatic rings. The number of rotatable bonds is 5. The van der Waals surface area contributed by atoms with Crippen LogP contribution in [0.2, 0.25) is 0 Å². The SMILES string of the molecule is CC(c1cccc(F)c1)N1CC(C)(OCC(=O)O)C1. The van der Waals surface area contributed by atoms with Gasteiger partial charge in [-0.3, -0.25) is 4.90 Å². The third-order valence-corrected chi connectivity index (χ3v) is 3.50. The van der Waals surface area contributed by atoms with Gasteiger partial charge in [0.05, 0.1) is 5.60 Å². The molecule has 104 valence electrons. The molecule has 1 aliphatic rings. The number of carboxylic acid groups (broad SMARTS) is 1. The van der Waals surface area contributed by atoms with Crippen LogP contribution in [0.25, 0.3) is 0 Å². The molecule has 0 aliphatic carbocycles. The molecule has 1 aromatic carbocycles. The predicted octanol–water partition coefficient (Wildman–Crippen LogP) is 2.06. The largest absolute Gasteiger partial charge is 0.480 e. The van der Waals surface area contributed by atoms with E-state index in [2.05, 4.69) is 4.90 Å². The fourth-order valence-corrected chi connectivity index (χ4v) is 2.39. The van der Waals surface area contributed by atoms with Crippen molar-refractivity contribution >= 4 is 5.97 Å². The number of likely N-dealkylation sites (tertiary alicyclic amines) is 1. The number of hydrogen-bond donors (Lipinski definition) is 1. The maximum atomic E-state index is 13.2. The zero-order valence-corrected chi connectivity index (χ0v) is 11.1. The lowest BCUT2D eigenvalue weighted by molar-refractivity contribution is -0.169. The monoisotopic (exact) mass is 267 g/mol. The van der Waals surface area contributed by atoms with Gasteiger partial charge in [-0.1, -0.05) is 12.1 Å². The van der Waals surface area contributed by atoms with Crippen LogP contribution < -0.4 is 0 Å². The van der Waals surface area contributed by atoms with Crippen molar-refractivity contribution in [2.75, 3.05) is 19.7 Å². The minimum Gasteiger partial charge on any atom is -0.480 e. The highest BCUT2D eigenvalue weighted by Gasteiger charge is 2.42. The summed E-state index contributed by atoms with van der Waals surface area (Å²) in [5.41, 5.74) is 0.500. The lowest BCUT2D eigenvalue weighted by Crippen LogP contribution is -2.62. The highest BCUT2D eigenvalue weighted by Crippen LogP contribution is 2.33. The van der Waals surface area contributed by atoms with Gasteiger partial charge in [-0.05, 0) is 31.5 Å². The van der Waals surface area contributed by atoms with E-state index in [1.165, 1.54) is 12.1 Å². The first-order chi connectivity index (χ1) is 8.89. The summed E-state index contributed by atoms with van der Waals surface area (Å²) in [6.45, 7) is 4.92. The standard InChI is InChI=1S/C14H18FNO3/c1-10(11-4-3-5-12(15)6-11)16-8-14(2,9-16)19-7-13(17)18/h3-6,10H,7-9H2,1-2H3,(H,17,18). The van der Waals surface area contributed by atoms with Gasteiger partial charge in [0.15, 0.2) is 0 Å². The summed E-state index contributed by atoms with van der Waals surface area (Å²) < 4.78 is 18.5. The van der Waals surface area contributed by atoms with E-state index in [9.17, 15) is 9.18 Å². The van der Waals surface area contributed by atoms with Gasteiger partial charge in [-0.15, -0.1) is 0 Å². The van der Waals surface area contributed by atoms with Crippen molar-refractivity contribution in [1.82, 2.24) is 4.90 Å². The molecule has 0 amide bonds. The Morgan fingerprint density at radius 3 is 2.84 bits per heavy atom. The minimum absolute atomic E-state index is 0.0946. The minimum atomic E-state index is -0.960. The zero-order valence-electron chi connectivity index (χ0n) is 11.1. The number of carboxylic acids is 1. The molecule has 0 saturated carbocycles. The lowest BCUT2D eigenvalue weighted by atomic mass is 9.92. The molecule has 1 N–H and O–H groups in total. The second-order valence-electron chi connectivity index (χ2n) is 5.27. The average molecular weight is 267 g/mol. The van der Waals surface area contributed by atoms with Gasteiger partial charge in [0.25, 0.3) is 0 Å². The van der Waals surface area contributed by atoms with Gasteiger partial charge in [0, 0.05) is 19.1 Å². The second-order valence-corrected chi connectivity index (χ2v) is 5.27. The summed E-state index contributed by atoms with van der Waals surface area (Å²) in [4.78, 5) is 12.6. The van der Waals surface area contributed by atoms with Crippen molar-refractivity contribution < 1.29 is 19.0 Å². The van der Waals surface area contributed by atoms with Crippen LogP contribution in [0.3, 0.4) is 0 Å². The maximum Gasteiger partial charge on any atom is 0.329 e. The lowest BCUT2D eigenvalue weighted by Gasteiger charge is -2.50. The van der Waals surface area contributed by atoms with Crippen molar-refractivity contribution in [3.8, 4) is 0 Å². The molecule has 0 radical (unpaired) electrons. The third kappa shape index (κ3) is 3.30. The van der Waals surface area contributed by atoms with E-state index in [4.69, 9.17) is 9.84 Å². The number of ether oxygens (including phenoxy) is 1. The third-order valence-electron chi connectivity index (χ3n) is 3.50. The van der Waals surface area contributed by atoms with Crippen molar-refractivity contribution in [1.29, 1.82) is 0 Å². The normalized spacial score (nSPS) is 19.7. The Labute approximate surface area is 111 Å². The molecule has 1 unspecified atom stereocenters. The highest BCUT2D eigenvalue weighted by atomic mass is 19.1. The Morgan fingerprint density at radius 2 is 2.26 bits per heavy atom. The first-order valence-electron chi connectivity index (χ1n) is 6.25. The van der Waals surface area contributed by atoms with Crippen LogP contribution in [0, 0.1) is 5.82 Å². The van der Waals surface area contributed by atoms with Gasteiger partial charge in [0.2, 0.25) is 0 Å². The van der Waals surface area contributed by atoms with Crippen LogP contribution in [-0.4, -0.2) is 41.3 Å². The summed E-state index contributed by atoms with van der Waals surface area (Å²) in [6.07, 6.45) is 0. The Balaban J connectivity index is 1.91. The first kappa shape index (κ1) is 14.0. The molecule has 0 spiro atoms. The van der Waals surface area contributed by atoms with Crippen molar-refractivity contribution in [3.63, 3.8) is 0 Å². The number of hydrogen-bond acceptors (Lipinski definition) is 3. The fraction of sp³-hybridized carbons (Fsp3) is 0.500. The van der Waals surface area contributed by atoms with E-state index in [0.29, 0.717) is 13.1 Å². The van der Waals surface area contributed by atoms with E-state index >= 15 is 0 Å². The smallest absolute Gasteiger partial charge is 0.329 e. The number of halogens is 1. The van der Waals surface area contributed by atoms with Crippen LogP contribution in [0.4, 0.5) is 4.39 Å². The van der Waals surface area contributed by atoms with Gasteiger partial charge in [-0.25, -0.2) is 9.18 Å². The van der Waals surface area contributed by atoms with E-state index < -0.39 is 11.6 Å². The summed E-state index contributed by atoms with van der Waals surface area (Å²) in [5.74, 6) is -1.20. The van der Waals surface area contributed by atoms with Gasteiger partial charge in [-0.2, -0.15) is 0 Å². The number of benzene rings is 1. The van der Waals surface area contributed by atoms with Crippen LogP contribution >= 0.6 is 0 Å².